The van der Waals surface area contributed by atoms with E-state index in [0.717, 1.165) is 64.2 Å². The van der Waals surface area contributed by atoms with Crippen molar-refractivity contribution in [2.24, 2.45) is 0 Å². The molecule has 0 radical (unpaired) electrons. The molecule has 0 heterocycles. The monoisotopic (exact) mass is 821 g/mol. The third-order valence-corrected chi connectivity index (χ3v) is 11.9. The van der Waals surface area contributed by atoms with Gasteiger partial charge in [-0.1, -0.05) is 258 Å². The van der Waals surface area contributed by atoms with Gasteiger partial charge in [-0.15, -0.1) is 0 Å². The first-order valence-electron chi connectivity index (χ1n) is 26.0. The molecule has 0 rings (SSSR count). The van der Waals surface area contributed by atoms with Crippen molar-refractivity contribution in [2.75, 3.05) is 13.2 Å². The van der Waals surface area contributed by atoms with E-state index in [1.54, 1.807) is 0 Å². The molecule has 0 amide bonds. The van der Waals surface area contributed by atoms with Crippen LogP contribution < -0.4 is 0 Å². The molecule has 0 saturated heterocycles. The third kappa shape index (κ3) is 45.5. The number of hydrogen-bond donors (Lipinski definition) is 0. The van der Waals surface area contributed by atoms with Crippen LogP contribution in [0.4, 0.5) is 0 Å². The summed E-state index contributed by atoms with van der Waals surface area (Å²) in [6.45, 7) is 6.56. The molecule has 0 saturated carbocycles. The van der Waals surface area contributed by atoms with Crippen LogP contribution in [0, 0.1) is 0 Å². The molecule has 1 unspecified atom stereocenters. The summed E-state index contributed by atoms with van der Waals surface area (Å²) in [7, 11) is 0. The van der Waals surface area contributed by atoms with Gasteiger partial charge >= 0.3 is 17.9 Å². The number of carbonyl (C=O) groups is 3. The second-order valence-corrected chi connectivity index (χ2v) is 17.8. The average molecular weight is 821 g/mol. The fraction of sp³-hybridized carbons (Fsp3) is 0.942. The summed E-state index contributed by atoms with van der Waals surface area (Å²) >= 11 is 0. The minimum atomic E-state index is -0.756. The Morgan fingerprint density at radius 2 is 0.466 bits per heavy atom. The van der Waals surface area contributed by atoms with Crippen LogP contribution >= 0.6 is 0 Å². The molecule has 0 N–H and O–H groups in total. The molecule has 1 atom stereocenters. The van der Waals surface area contributed by atoms with Gasteiger partial charge in [0.2, 0.25) is 0 Å². The van der Waals surface area contributed by atoms with E-state index in [1.165, 1.54) is 193 Å². The molecule has 6 heteroatoms. The smallest absolute Gasteiger partial charge is 0.306 e. The highest BCUT2D eigenvalue weighted by atomic mass is 16.6. The molecule has 0 bridgehead atoms. The maximum atomic E-state index is 12.6. The molecule has 0 aliphatic carbocycles. The quantitative estimate of drug-likeness (QED) is 0.0346. The molecule has 0 aliphatic heterocycles. The highest BCUT2D eigenvalue weighted by Gasteiger charge is 2.19. The van der Waals surface area contributed by atoms with Crippen molar-refractivity contribution >= 4 is 17.9 Å². The van der Waals surface area contributed by atoms with Crippen LogP contribution in [-0.4, -0.2) is 37.2 Å². The van der Waals surface area contributed by atoms with Crippen LogP contribution in [0.2, 0.25) is 0 Å². The summed E-state index contributed by atoms with van der Waals surface area (Å²) in [5, 5.41) is 0. The normalized spacial score (nSPS) is 11.8. The highest BCUT2D eigenvalue weighted by Crippen LogP contribution is 2.17. The first-order chi connectivity index (χ1) is 28.5. The minimum Gasteiger partial charge on any atom is -0.462 e. The van der Waals surface area contributed by atoms with Crippen molar-refractivity contribution in [1.29, 1.82) is 0 Å². The third-order valence-electron chi connectivity index (χ3n) is 11.9. The molecular weight excluding hydrogens is 721 g/mol. The molecule has 0 aromatic rings. The number of hydrogen-bond acceptors (Lipinski definition) is 6. The van der Waals surface area contributed by atoms with E-state index >= 15 is 0 Å². The zero-order chi connectivity index (χ0) is 42.3. The fourth-order valence-electron chi connectivity index (χ4n) is 7.92. The molecule has 0 aromatic carbocycles. The molecule has 0 fully saturated rings. The van der Waals surface area contributed by atoms with Crippen molar-refractivity contribution < 1.29 is 28.6 Å². The van der Waals surface area contributed by atoms with E-state index in [4.69, 9.17) is 14.2 Å². The van der Waals surface area contributed by atoms with Crippen molar-refractivity contribution in [3.8, 4) is 0 Å². The van der Waals surface area contributed by atoms with Crippen molar-refractivity contribution in [1.82, 2.24) is 0 Å². The minimum absolute atomic E-state index is 0.0642. The van der Waals surface area contributed by atoms with Gasteiger partial charge in [0.1, 0.15) is 13.2 Å². The van der Waals surface area contributed by atoms with Gasteiger partial charge in [0.15, 0.2) is 6.10 Å². The van der Waals surface area contributed by atoms with Crippen LogP contribution in [0.3, 0.4) is 0 Å². The lowest BCUT2D eigenvalue weighted by Gasteiger charge is -2.18. The van der Waals surface area contributed by atoms with Crippen molar-refractivity contribution in [2.45, 2.75) is 303 Å². The van der Waals surface area contributed by atoms with E-state index < -0.39 is 6.10 Å². The predicted octanol–water partition coefficient (Wildman–Crippen LogP) is 16.8. The number of carbonyl (C=O) groups excluding carboxylic acids is 3. The van der Waals surface area contributed by atoms with Crippen LogP contribution in [-0.2, 0) is 28.6 Å². The standard InChI is InChI=1S/C52H100O6/c1-4-7-10-13-15-17-18-19-20-21-22-23-24-25-26-27-28-29-30-31-32-33-34-35-37-39-42-45-51(54)57-48-49(47-56-50(53)44-41-38-12-9-6-3)58-52(55)46-43-40-36-16-14-11-8-5-2/h49H,4-48H2,1-3H3. The molecule has 0 aliphatic rings. The Morgan fingerprint density at radius 1 is 0.276 bits per heavy atom. The Bertz CT molecular complexity index is 859. The Labute approximate surface area is 361 Å². The number of ether oxygens (including phenoxy) is 3. The van der Waals surface area contributed by atoms with E-state index in [0.29, 0.717) is 19.3 Å². The van der Waals surface area contributed by atoms with Crippen LogP contribution in [0.1, 0.15) is 297 Å². The zero-order valence-electron chi connectivity index (χ0n) is 39.3. The van der Waals surface area contributed by atoms with Crippen LogP contribution in [0.5, 0.6) is 0 Å². The average Bonchev–Trinajstić information content (AvgIpc) is 3.22. The Balaban J connectivity index is 3.84. The Morgan fingerprint density at radius 3 is 0.690 bits per heavy atom. The van der Waals surface area contributed by atoms with Gasteiger partial charge in [-0.05, 0) is 19.3 Å². The highest BCUT2D eigenvalue weighted by molar-refractivity contribution is 5.71. The lowest BCUT2D eigenvalue weighted by Crippen LogP contribution is -2.30. The van der Waals surface area contributed by atoms with E-state index in [1.807, 2.05) is 0 Å². The summed E-state index contributed by atoms with van der Waals surface area (Å²) in [6, 6.07) is 0. The molecule has 0 aromatic heterocycles. The predicted molar refractivity (Wildman–Crippen MR) is 247 cm³/mol. The zero-order valence-corrected chi connectivity index (χ0v) is 39.3. The summed E-state index contributed by atoms with van der Waals surface area (Å²) in [4.78, 5) is 37.4. The van der Waals surface area contributed by atoms with Crippen molar-refractivity contribution in [3.63, 3.8) is 0 Å². The Kier molecular flexibility index (Phi) is 46.8. The van der Waals surface area contributed by atoms with E-state index in [-0.39, 0.29) is 31.1 Å². The van der Waals surface area contributed by atoms with Gasteiger partial charge < -0.3 is 14.2 Å². The first-order valence-corrected chi connectivity index (χ1v) is 26.0. The van der Waals surface area contributed by atoms with Gasteiger partial charge in [0.25, 0.3) is 0 Å². The fourth-order valence-corrected chi connectivity index (χ4v) is 7.92. The summed E-state index contributed by atoms with van der Waals surface area (Å²) in [5.74, 6) is -0.869. The van der Waals surface area contributed by atoms with Gasteiger partial charge in [0, 0.05) is 19.3 Å². The van der Waals surface area contributed by atoms with Gasteiger partial charge in [0.05, 0.1) is 0 Å². The second kappa shape index (κ2) is 48.1. The summed E-state index contributed by atoms with van der Waals surface area (Å²) in [5.41, 5.74) is 0. The van der Waals surface area contributed by atoms with Gasteiger partial charge in [-0.25, -0.2) is 0 Å². The van der Waals surface area contributed by atoms with Crippen LogP contribution in [0.25, 0.3) is 0 Å². The second-order valence-electron chi connectivity index (χ2n) is 17.8. The number of esters is 3. The maximum absolute atomic E-state index is 12.6. The van der Waals surface area contributed by atoms with E-state index in [9.17, 15) is 14.4 Å². The lowest BCUT2D eigenvalue weighted by atomic mass is 10.0. The molecule has 6 nitrogen and oxygen atoms in total. The van der Waals surface area contributed by atoms with Crippen molar-refractivity contribution in [3.05, 3.63) is 0 Å². The van der Waals surface area contributed by atoms with Gasteiger partial charge in [-0.3, -0.25) is 14.4 Å². The topological polar surface area (TPSA) is 78.9 Å². The Hall–Kier alpha value is -1.59. The van der Waals surface area contributed by atoms with Crippen LogP contribution in [0.15, 0.2) is 0 Å². The lowest BCUT2D eigenvalue weighted by molar-refractivity contribution is -0.167. The molecule has 344 valence electrons. The molecule has 58 heavy (non-hydrogen) atoms. The first kappa shape index (κ1) is 56.4. The molecular formula is C52H100O6. The molecule has 0 spiro atoms. The number of rotatable bonds is 48. The summed E-state index contributed by atoms with van der Waals surface area (Å²) in [6.07, 6.45) is 51.6. The summed E-state index contributed by atoms with van der Waals surface area (Å²) < 4.78 is 16.6. The maximum Gasteiger partial charge on any atom is 0.306 e. The van der Waals surface area contributed by atoms with Gasteiger partial charge in [-0.2, -0.15) is 0 Å². The number of unbranched alkanes of at least 4 members (excludes halogenated alkanes) is 37. The van der Waals surface area contributed by atoms with E-state index in [2.05, 4.69) is 20.8 Å². The SMILES string of the molecule is CCCCCCCCCCCCCCCCCCCCCCCCCCCCCC(=O)OCC(COC(=O)CCCCCCC)OC(=O)CCCCCCCCCC. The largest absolute Gasteiger partial charge is 0.462 e.